The summed E-state index contributed by atoms with van der Waals surface area (Å²) in [6.45, 7) is 7.02. The molecule has 7 heteroatoms. The van der Waals surface area contributed by atoms with Gasteiger partial charge in [0.15, 0.2) is 0 Å². The Hall–Kier alpha value is -0.660. The van der Waals surface area contributed by atoms with Gasteiger partial charge in [-0.25, -0.2) is 8.42 Å². The number of nitrogens with one attached hydrogen (secondary N) is 2. The van der Waals surface area contributed by atoms with E-state index in [2.05, 4.69) is 15.5 Å². The highest BCUT2D eigenvalue weighted by Gasteiger charge is 2.24. The Morgan fingerprint density at radius 3 is 2.39 bits per heavy atom. The molecule has 1 rings (SSSR count). The first-order chi connectivity index (χ1) is 8.29. The van der Waals surface area contributed by atoms with Crippen LogP contribution in [0.25, 0.3) is 0 Å². The van der Waals surface area contributed by atoms with Crippen LogP contribution in [0.2, 0.25) is 0 Å². The van der Waals surface area contributed by atoms with Crippen LogP contribution in [0.1, 0.15) is 13.8 Å². The Balaban J connectivity index is 2.43. The number of carbonyl (C=O) groups excluding carboxylic acids is 1. The van der Waals surface area contributed by atoms with E-state index in [9.17, 15) is 13.2 Å². The summed E-state index contributed by atoms with van der Waals surface area (Å²) in [6.07, 6.45) is 1.18. The average Bonchev–Trinajstić information content (AvgIpc) is 2.26. The van der Waals surface area contributed by atoms with E-state index in [1.165, 1.54) is 6.26 Å². The third-order valence-corrected chi connectivity index (χ3v) is 4.13. The van der Waals surface area contributed by atoms with Crippen molar-refractivity contribution < 1.29 is 13.2 Å². The molecule has 2 atom stereocenters. The standard InChI is InChI=1S/C11H23N3O3S/c1-9(8-18(3,16)17)13-11(15)10(2)14-6-4-12-5-7-14/h9-10,12H,4-8H2,1-3H3,(H,13,15). The predicted octanol–water partition coefficient (Wildman–Crippen LogP) is -1.17. The van der Waals surface area contributed by atoms with Gasteiger partial charge in [0.1, 0.15) is 9.84 Å². The van der Waals surface area contributed by atoms with Crippen LogP contribution in [-0.2, 0) is 14.6 Å². The first-order valence-electron chi connectivity index (χ1n) is 6.22. The Morgan fingerprint density at radius 1 is 1.33 bits per heavy atom. The lowest BCUT2D eigenvalue weighted by Gasteiger charge is -2.32. The van der Waals surface area contributed by atoms with Crippen molar-refractivity contribution in [1.82, 2.24) is 15.5 Å². The smallest absolute Gasteiger partial charge is 0.237 e. The van der Waals surface area contributed by atoms with Gasteiger partial charge >= 0.3 is 0 Å². The molecule has 0 aromatic carbocycles. The molecule has 0 radical (unpaired) electrons. The zero-order chi connectivity index (χ0) is 13.8. The first kappa shape index (κ1) is 15.4. The number of amides is 1. The van der Waals surface area contributed by atoms with Gasteiger partial charge in [-0.3, -0.25) is 9.69 Å². The largest absolute Gasteiger partial charge is 0.351 e. The third-order valence-electron chi connectivity index (χ3n) is 3.02. The van der Waals surface area contributed by atoms with Crippen molar-refractivity contribution in [3.8, 4) is 0 Å². The number of hydrogen-bond donors (Lipinski definition) is 2. The summed E-state index contributed by atoms with van der Waals surface area (Å²) >= 11 is 0. The van der Waals surface area contributed by atoms with E-state index >= 15 is 0 Å². The normalized spacial score (nSPS) is 21.3. The van der Waals surface area contributed by atoms with Gasteiger partial charge < -0.3 is 10.6 Å². The summed E-state index contributed by atoms with van der Waals surface area (Å²) in [6, 6.07) is -0.563. The van der Waals surface area contributed by atoms with Gasteiger partial charge in [0.05, 0.1) is 11.8 Å². The van der Waals surface area contributed by atoms with Gasteiger partial charge in [-0.2, -0.15) is 0 Å². The van der Waals surface area contributed by atoms with Crippen molar-refractivity contribution in [1.29, 1.82) is 0 Å². The van der Waals surface area contributed by atoms with Gasteiger partial charge in [-0.05, 0) is 13.8 Å². The molecule has 1 aliphatic heterocycles. The van der Waals surface area contributed by atoms with Crippen LogP contribution in [0, 0.1) is 0 Å². The van der Waals surface area contributed by atoms with E-state index in [1.807, 2.05) is 6.92 Å². The van der Waals surface area contributed by atoms with Gasteiger partial charge in [0.25, 0.3) is 0 Å². The maximum absolute atomic E-state index is 12.0. The number of piperazine rings is 1. The van der Waals surface area contributed by atoms with Gasteiger partial charge in [0.2, 0.25) is 5.91 Å². The van der Waals surface area contributed by atoms with Crippen LogP contribution in [0.3, 0.4) is 0 Å². The molecular formula is C11H23N3O3S. The highest BCUT2D eigenvalue weighted by molar-refractivity contribution is 7.90. The van der Waals surface area contributed by atoms with Crippen LogP contribution in [0.5, 0.6) is 0 Å². The molecule has 18 heavy (non-hydrogen) atoms. The molecule has 1 saturated heterocycles. The highest BCUT2D eigenvalue weighted by Crippen LogP contribution is 2.02. The number of sulfone groups is 1. The monoisotopic (exact) mass is 277 g/mol. The van der Waals surface area contributed by atoms with Crippen molar-refractivity contribution in [3.05, 3.63) is 0 Å². The second-order valence-electron chi connectivity index (χ2n) is 4.96. The van der Waals surface area contributed by atoms with E-state index in [0.717, 1.165) is 26.2 Å². The highest BCUT2D eigenvalue weighted by atomic mass is 32.2. The fraction of sp³-hybridized carbons (Fsp3) is 0.909. The first-order valence-corrected chi connectivity index (χ1v) is 8.28. The van der Waals surface area contributed by atoms with Crippen molar-refractivity contribution in [2.24, 2.45) is 0 Å². The summed E-state index contributed by atoms with van der Waals surface area (Å²) in [5, 5.41) is 5.98. The summed E-state index contributed by atoms with van der Waals surface area (Å²) in [7, 11) is -3.06. The molecule has 0 spiro atoms. The lowest BCUT2D eigenvalue weighted by molar-refractivity contribution is -0.126. The predicted molar refractivity (Wildman–Crippen MR) is 71.2 cm³/mol. The van der Waals surface area contributed by atoms with Crippen LogP contribution in [0.15, 0.2) is 0 Å². The van der Waals surface area contributed by atoms with Crippen LogP contribution >= 0.6 is 0 Å². The summed E-state index contributed by atoms with van der Waals surface area (Å²) < 4.78 is 22.2. The molecule has 1 fully saturated rings. The maximum atomic E-state index is 12.0. The quantitative estimate of drug-likeness (QED) is 0.662. The molecular weight excluding hydrogens is 254 g/mol. The second kappa shape index (κ2) is 6.49. The fourth-order valence-corrected chi connectivity index (χ4v) is 3.09. The molecule has 6 nitrogen and oxygen atoms in total. The van der Waals surface area contributed by atoms with Crippen LogP contribution in [-0.4, -0.2) is 69.5 Å². The molecule has 0 aliphatic carbocycles. The van der Waals surface area contributed by atoms with E-state index < -0.39 is 9.84 Å². The molecule has 0 aromatic rings. The summed E-state index contributed by atoms with van der Waals surface area (Å²) in [5.74, 6) is -0.124. The Bertz CT molecular complexity index is 377. The average molecular weight is 277 g/mol. The SMILES string of the molecule is CC(CS(C)(=O)=O)NC(=O)C(C)N1CCNCC1. The minimum atomic E-state index is -3.06. The number of rotatable bonds is 5. The van der Waals surface area contributed by atoms with E-state index in [4.69, 9.17) is 0 Å². The minimum Gasteiger partial charge on any atom is -0.351 e. The molecule has 0 saturated carbocycles. The van der Waals surface area contributed by atoms with Gasteiger partial charge in [-0.1, -0.05) is 0 Å². The topological polar surface area (TPSA) is 78.5 Å². The minimum absolute atomic E-state index is 0.0208. The van der Waals surface area contributed by atoms with Crippen molar-refractivity contribution in [2.45, 2.75) is 25.9 Å². The molecule has 1 amide bonds. The lowest BCUT2D eigenvalue weighted by atomic mass is 10.2. The molecule has 2 unspecified atom stereocenters. The van der Waals surface area contributed by atoms with Crippen molar-refractivity contribution in [2.75, 3.05) is 38.2 Å². The molecule has 0 aromatic heterocycles. The Labute approximate surface area is 109 Å². The zero-order valence-corrected chi connectivity index (χ0v) is 12.1. The Kier molecular flexibility index (Phi) is 5.55. The number of carbonyl (C=O) groups is 1. The lowest BCUT2D eigenvalue weighted by Crippen LogP contribution is -2.54. The van der Waals surface area contributed by atoms with Crippen molar-refractivity contribution >= 4 is 15.7 Å². The third kappa shape index (κ3) is 5.32. The molecule has 0 bridgehead atoms. The maximum Gasteiger partial charge on any atom is 0.237 e. The Morgan fingerprint density at radius 2 is 1.89 bits per heavy atom. The van der Waals surface area contributed by atoms with E-state index in [1.54, 1.807) is 6.92 Å². The summed E-state index contributed by atoms with van der Waals surface area (Å²) in [5.41, 5.74) is 0. The number of nitrogens with zero attached hydrogens (tertiary/aromatic N) is 1. The van der Waals surface area contributed by atoms with E-state index in [-0.39, 0.29) is 23.7 Å². The van der Waals surface area contributed by atoms with Gasteiger partial charge in [0, 0.05) is 38.5 Å². The van der Waals surface area contributed by atoms with Crippen LogP contribution in [0.4, 0.5) is 0 Å². The zero-order valence-electron chi connectivity index (χ0n) is 11.3. The molecule has 106 valence electrons. The number of hydrogen-bond acceptors (Lipinski definition) is 5. The molecule has 1 heterocycles. The van der Waals surface area contributed by atoms with E-state index in [0.29, 0.717) is 0 Å². The molecule has 1 aliphatic rings. The van der Waals surface area contributed by atoms with Gasteiger partial charge in [-0.15, -0.1) is 0 Å². The second-order valence-corrected chi connectivity index (χ2v) is 7.15. The molecule has 2 N–H and O–H groups in total. The fourth-order valence-electron chi connectivity index (χ4n) is 2.09. The van der Waals surface area contributed by atoms with Crippen molar-refractivity contribution in [3.63, 3.8) is 0 Å². The summed E-state index contributed by atoms with van der Waals surface area (Å²) in [4.78, 5) is 14.1. The van der Waals surface area contributed by atoms with Crippen LogP contribution < -0.4 is 10.6 Å².